The van der Waals surface area contributed by atoms with Crippen molar-refractivity contribution in [3.8, 4) is 0 Å². The highest BCUT2D eigenvalue weighted by atomic mass is 16.6. The van der Waals surface area contributed by atoms with Crippen molar-refractivity contribution in [2.24, 2.45) is 0 Å². The lowest BCUT2D eigenvalue weighted by molar-refractivity contribution is -0.384. The fraction of sp³-hybridized carbons (Fsp3) is 0.167. The van der Waals surface area contributed by atoms with E-state index in [9.17, 15) is 14.9 Å². The minimum absolute atomic E-state index is 0.108. The van der Waals surface area contributed by atoms with Crippen LogP contribution in [0.15, 0.2) is 36.7 Å². The number of non-ortho nitro benzene ring substituents is 1. The van der Waals surface area contributed by atoms with Gasteiger partial charge in [0.1, 0.15) is 0 Å². The number of carbonyl (C=O) groups is 1. The number of rotatable bonds is 4. The maximum atomic E-state index is 12.0. The Bertz CT molecular complexity index is 595. The molecule has 19 heavy (non-hydrogen) atoms. The van der Waals surface area contributed by atoms with Gasteiger partial charge in [0.15, 0.2) is 0 Å². The highest BCUT2D eigenvalue weighted by Crippen LogP contribution is 2.15. The Kier molecular flexibility index (Phi) is 3.56. The monoisotopic (exact) mass is 260 g/mol. The van der Waals surface area contributed by atoms with Crippen molar-refractivity contribution >= 4 is 11.6 Å². The van der Waals surface area contributed by atoms with Crippen LogP contribution < -0.4 is 5.32 Å². The van der Waals surface area contributed by atoms with Gasteiger partial charge in [0.2, 0.25) is 0 Å². The average molecular weight is 260 g/mol. The third-order valence-corrected chi connectivity index (χ3v) is 2.69. The first-order valence-corrected chi connectivity index (χ1v) is 5.62. The van der Waals surface area contributed by atoms with Gasteiger partial charge in [-0.3, -0.25) is 20.0 Å². The molecule has 0 saturated heterocycles. The summed E-state index contributed by atoms with van der Waals surface area (Å²) in [4.78, 5) is 22.1. The minimum Gasteiger partial charge on any atom is -0.345 e. The Labute approximate surface area is 108 Å². The molecule has 1 amide bonds. The predicted molar refractivity (Wildman–Crippen MR) is 67.6 cm³/mol. The van der Waals surface area contributed by atoms with E-state index in [0.717, 1.165) is 5.56 Å². The molecule has 98 valence electrons. The molecule has 2 aromatic rings. The van der Waals surface area contributed by atoms with Crippen molar-refractivity contribution in [1.82, 2.24) is 15.5 Å². The van der Waals surface area contributed by atoms with Crippen molar-refractivity contribution in [1.29, 1.82) is 0 Å². The molecule has 1 unspecified atom stereocenters. The van der Waals surface area contributed by atoms with Crippen molar-refractivity contribution < 1.29 is 9.72 Å². The first-order valence-electron chi connectivity index (χ1n) is 5.62. The number of nitrogens with zero attached hydrogens (tertiary/aromatic N) is 2. The molecule has 1 atom stereocenters. The largest absolute Gasteiger partial charge is 0.345 e. The summed E-state index contributed by atoms with van der Waals surface area (Å²) in [6, 6.07) is 5.37. The van der Waals surface area contributed by atoms with Gasteiger partial charge in [0.05, 0.1) is 17.2 Å². The molecule has 0 fully saturated rings. The maximum Gasteiger partial charge on any atom is 0.270 e. The summed E-state index contributed by atoms with van der Waals surface area (Å²) in [5.41, 5.74) is 0.979. The number of hydrogen-bond donors (Lipinski definition) is 2. The lowest BCUT2D eigenvalue weighted by Crippen LogP contribution is -2.26. The van der Waals surface area contributed by atoms with Crippen LogP contribution in [-0.4, -0.2) is 21.0 Å². The van der Waals surface area contributed by atoms with E-state index in [1.165, 1.54) is 24.3 Å². The topological polar surface area (TPSA) is 101 Å². The van der Waals surface area contributed by atoms with Gasteiger partial charge in [0, 0.05) is 29.5 Å². The third-order valence-electron chi connectivity index (χ3n) is 2.69. The number of amides is 1. The first kappa shape index (κ1) is 12.7. The molecule has 0 spiro atoms. The SMILES string of the molecule is CC(NC(=O)c1cccc([N+](=O)[O-])c1)c1cn[nH]c1. The van der Waals surface area contributed by atoms with Gasteiger partial charge in [-0.1, -0.05) is 6.07 Å². The molecule has 1 aromatic heterocycles. The quantitative estimate of drug-likeness (QED) is 0.646. The lowest BCUT2D eigenvalue weighted by Gasteiger charge is -2.11. The predicted octanol–water partition coefficient (Wildman–Crippen LogP) is 1.81. The van der Waals surface area contributed by atoms with Gasteiger partial charge in [-0.05, 0) is 13.0 Å². The Hall–Kier alpha value is -2.70. The fourth-order valence-corrected chi connectivity index (χ4v) is 1.62. The maximum absolute atomic E-state index is 12.0. The van der Waals surface area contributed by atoms with E-state index in [1.807, 2.05) is 0 Å². The molecular formula is C12H12N4O3. The molecule has 7 heteroatoms. The van der Waals surface area contributed by atoms with E-state index >= 15 is 0 Å². The zero-order valence-corrected chi connectivity index (χ0v) is 10.2. The second-order valence-electron chi connectivity index (χ2n) is 4.03. The summed E-state index contributed by atoms with van der Waals surface area (Å²) in [6.07, 6.45) is 3.29. The number of nitro benzene ring substituents is 1. The van der Waals surface area contributed by atoms with Gasteiger partial charge < -0.3 is 5.32 Å². The van der Waals surface area contributed by atoms with Gasteiger partial charge in [-0.15, -0.1) is 0 Å². The highest BCUT2D eigenvalue weighted by Gasteiger charge is 2.14. The van der Waals surface area contributed by atoms with E-state index in [2.05, 4.69) is 15.5 Å². The summed E-state index contributed by atoms with van der Waals surface area (Å²) in [5.74, 6) is -0.364. The smallest absolute Gasteiger partial charge is 0.270 e. The molecule has 0 aliphatic rings. The van der Waals surface area contributed by atoms with Crippen molar-refractivity contribution in [2.45, 2.75) is 13.0 Å². The van der Waals surface area contributed by atoms with Crippen LogP contribution in [0.2, 0.25) is 0 Å². The van der Waals surface area contributed by atoms with E-state index in [-0.39, 0.29) is 23.2 Å². The molecule has 0 bridgehead atoms. The molecule has 7 nitrogen and oxygen atoms in total. The molecule has 2 N–H and O–H groups in total. The minimum atomic E-state index is -0.531. The Morgan fingerprint density at radius 2 is 2.32 bits per heavy atom. The van der Waals surface area contributed by atoms with Crippen LogP contribution in [-0.2, 0) is 0 Å². The van der Waals surface area contributed by atoms with Gasteiger partial charge in [-0.2, -0.15) is 5.10 Å². The van der Waals surface area contributed by atoms with E-state index in [0.29, 0.717) is 0 Å². The second-order valence-corrected chi connectivity index (χ2v) is 4.03. The van der Waals surface area contributed by atoms with Gasteiger partial charge in [-0.25, -0.2) is 0 Å². The number of aromatic nitrogens is 2. The third kappa shape index (κ3) is 2.95. The van der Waals surface area contributed by atoms with E-state index in [4.69, 9.17) is 0 Å². The van der Waals surface area contributed by atoms with Crippen LogP contribution in [0.5, 0.6) is 0 Å². The average Bonchev–Trinajstić information content (AvgIpc) is 2.92. The zero-order chi connectivity index (χ0) is 13.8. The van der Waals surface area contributed by atoms with Gasteiger partial charge in [0.25, 0.3) is 11.6 Å². The van der Waals surface area contributed by atoms with Crippen LogP contribution in [0, 0.1) is 10.1 Å². The number of nitrogens with one attached hydrogen (secondary N) is 2. The second kappa shape index (κ2) is 5.30. The van der Waals surface area contributed by atoms with Crippen LogP contribution in [0.1, 0.15) is 28.9 Å². The Morgan fingerprint density at radius 3 is 2.95 bits per heavy atom. The van der Waals surface area contributed by atoms with E-state index < -0.39 is 4.92 Å². The van der Waals surface area contributed by atoms with Crippen LogP contribution in [0.3, 0.4) is 0 Å². The summed E-state index contributed by atoms with van der Waals surface area (Å²) >= 11 is 0. The van der Waals surface area contributed by atoms with Crippen molar-refractivity contribution in [3.05, 3.63) is 57.9 Å². The first-order chi connectivity index (χ1) is 9.08. The highest BCUT2D eigenvalue weighted by molar-refractivity contribution is 5.95. The number of carbonyl (C=O) groups excluding carboxylic acids is 1. The summed E-state index contributed by atoms with van der Waals surface area (Å²) in [7, 11) is 0. The van der Waals surface area contributed by atoms with Crippen LogP contribution in [0.4, 0.5) is 5.69 Å². The molecule has 0 saturated carbocycles. The fourth-order valence-electron chi connectivity index (χ4n) is 1.62. The standard InChI is InChI=1S/C12H12N4O3/c1-8(10-6-13-14-7-10)15-12(17)9-3-2-4-11(5-9)16(18)19/h2-8H,1H3,(H,13,14)(H,15,17). The Morgan fingerprint density at radius 1 is 1.53 bits per heavy atom. The van der Waals surface area contributed by atoms with Crippen molar-refractivity contribution in [3.63, 3.8) is 0 Å². The molecule has 0 radical (unpaired) electrons. The van der Waals surface area contributed by atoms with E-state index in [1.54, 1.807) is 19.3 Å². The summed E-state index contributed by atoms with van der Waals surface area (Å²) in [6.45, 7) is 1.81. The zero-order valence-electron chi connectivity index (χ0n) is 10.2. The van der Waals surface area contributed by atoms with Crippen LogP contribution >= 0.6 is 0 Å². The summed E-state index contributed by atoms with van der Waals surface area (Å²) in [5, 5.41) is 19.8. The number of H-pyrrole nitrogens is 1. The number of hydrogen-bond acceptors (Lipinski definition) is 4. The molecule has 0 aliphatic carbocycles. The molecular weight excluding hydrogens is 248 g/mol. The normalized spacial score (nSPS) is 11.8. The summed E-state index contributed by atoms with van der Waals surface area (Å²) < 4.78 is 0. The lowest BCUT2D eigenvalue weighted by atomic mass is 10.1. The number of nitro groups is 1. The molecule has 0 aliphatic heterocycles. The number of benzene rings is 1. The van der Waals surface area contributed by atoms with Crippen molar-refractivity contribution in [2.75, 3.05) is 0 Å². The molecule has 1 aromatic carbocycles. The van der Waals surface area contributed by atoms with Gasteiger partial charge >= 0.3 is 0 Å². The molecule has 2 rings (SSSR count). The molecule has 1 heterocycles. The van der Waals surface area contributed by atoms with Crippen LogP contribution in [0.25, 0.3) is 0 Å². The number of aromatic amines is 1. The Balaban J connectivity index is 2.12.